The molecule has 0 fully saturated rings. The van der Waals surface area contributed by atoms with Crippen molar-refractivity contribution in [3.8, 4) is 0 Å². The molecule has 0 aromatic rings. The van der Waals surface area contributed by atoms with Crippen LogP contribution in [-0.2, 0) is 9.59 Å². The van der Waals surface area contributed by atoms with Gasteiger partial charge in [0, 0.05) is 27.0 Å². The van der Waals surface area contributed by atoms with E-state index >= 15 is 0 Å². The van der Waals surface area contributed by atoms with E-state index < -0.39 is 0 Å². The first-order valence-electron chi connectivity index (χ1n) is 2.90. The number of hydrogen-bond acceptors (Lipinski definition) is 3. The summed E-state index contributed by atoms with van der Waals surface area (Å²) in [6.07, 6.45) is 1.36. The molecule has 0 radical (unpaired) electrons. The molecule has 0 atom stereocenters. The predicted octanol–water partition coefficient (Wildman–Crippen LogP) is -0.680. The van der Waals surface area contributed by atoms with Gasteiger partial charge in [0.05, 0.1) is 0 Å². The van der Waals surface area contributed by atoms with Crippen LogP contribution in [0, 0.1) is 0 Å². The Morgan fingerprint density at radius 3 is 2.40 bits per heavy atom. The molecule has 0 spiro atoms. The van der Waals surface area contributed by atoms with Gasteiger partial charge in [0.1, 0.15) is 6.29 Å². The van der Waals surface area contributed by atoms with Gasteiger partial charge in [0.25, 0.3) is 0 Å². The number of carbonyl (C=O) groups is 2. The third-order valence-corrected chi connectivity index (χ3v) is 0.768. The Morgan fingerprint density at radius 2 is 2.10 bits per heavy atom. The average molecular weight is 147 g/mol. The lowest BCUT2D eigenvalue weighted by atomic mass is 10.3. The third kappa shape index (κ3) is 10.2. The lowest BCUT2D eigenvalue weighted by Gasteiger charge is -1.90. The number of amides is 1. The van der Waals surface area contributed by atoms with Crippen molar-refractivity contribution in [3.63, 3.8) is 0 Å². The minimum absolute atomic E-state index is 0.0860. The molecule has 0 bridgehead atoms. The topological polar surface area (TPSA) is 66.4 Å². The van der Waals surface area contributed by atoms with E-state index in [1.807, 2.05) is 0 Å². The Balaban J connectivity index is 0. The molecule has 0 saturated carbocycles. The number of nitrogens with one attached hydrogen (secondary N) is 1. The molecule has 0 aromatic carbocycles. The summed E-state index contributed by atoms with van der Waals surface area (Å²) in [4.78, 5) is 19.9. The third-order valence-electron chi connectivity index (χ3n) is 0.768. The van der Waals surface area contributed by atoms with Gasteiger partial charge in [-0.1, -0.05) is 0 Å². The molecule has 0 aliphatic heterocycles. The Bertz CT molecular complexity index is 93.0. The standard InChI is InChI=1S/C5H9NO2.CH4O/c1-6-5(8)3-2-4-7;1-2/h4H,2-3H2,1H3,(H,6,8);2H,1H3. The van der Waals surface area contributed by atoms with E-state index in [2.05, 4.69) is 5.32 Å². The fourth-order valence-electron chi connectivity index (χ4n) is 0.315. The summed E-state index contributed by atoms with van der Waals surface area (Å²) in [6, 6.07) is 0. The van der Waals surface area contributed by atoms with E-state index in [1.54, 1.807) is 7.05 Å². The number of aliphatic hydroxyl groups is 1. The molecule has 0 rings (SSSR count). The highest BCUT2D eigenvalue weighted by molar-refractivity contribution is 5.77. The number of aldehydes is 1. The van der Waals surface area contributed by atoms with Crippen molar-refractivity contribution in [3.05, 3.63) is 0 Å². The van der Waals surface area contributed by atoms with Crippen LogP contribution in [0.5, 0.6) is 0 Å². The molecule has 0 heterocycles. The van der Waals surface area contributed by atoms with Crippen molar-refractivity contribution in [1.82, 2.24) is 5.32 Å². The van der Waals surface area contributed by atoms with E-state index in [9.17, 15) is 9.59 Å². The molecule has 2 N–H and O–H groups in total. The minimum Gasteiger partial charge on any atom is -0.400 e. The van der Waals surface area contributed by atoms with Crippen LogP contribution in [0.3, 0.4) is 0 Å². The zero-order valence-electron chi connectivity index (χ0n) is 6.26. The van der Waals surface area contributed by atoms with Crippen molar-refractivity contribution < 1.29 is 14.7 Å². The van der Waals surface area contributed by atoms with Crippen molar-refractivity contribution in [2.45, 2.75) is 12.8 Å². The molecule has 0 aliphatic carbocycles. The van der Waals surface area contributed by atoms with Crippen LogP contribution in [0.4, 0.5) is 0 Å². The van der Waals surface area contributed by atoms with Crippen LogP contribution in [-0.4, -0.2) is 31.5 Å². The monoisotopic (exact) mass is 147 g/mol. The van der Waals surface area contributed by atoms with Gasteiger partial charge in [0.15, 0.2) is 0 Å². The van der Waals surface area contributed by atoms with Gasteiger partial charge in [-0.25, -0.2) is 0 Å². The molecular formula is C6H13NO3. The number of hydrogen-bond donors (Lipinski definition) is 2. The first kappa shape index (κ1) is 11.8. The van der Waals surface area contributed by atoms with Gasteiger partial charge in [-0.05, 0) is 0 Å². The second kappa shape index (κ2) is 11.0. The van der Waals surface area contributed by atoms with Crippen molar-refractivity contribution in [2.24, 2.45) is 0 Å². The summed E-state index contributed by atoms with van der Waals surface area (Å²) < 4.78 is 0. The zero-order valence-corrected chi connectivity index (χ0v) is 6.26. The number of rotatable bonds is 3. The summed E-state index contributed by atoms with van der Waals surface area (Å²) in [7, 11) is 2.55. The van der Waals surface area contributed by atoms with Crippen LogP contribution >= 0.6 is 0 Å². The van der Waals surface area contributed by atoms with E-state index in [0.29, 0.717) is 12.8 Å². The number of aliphatic hydroxyl groups excluding tert-OH is 1. The molecule has 10 heavy (non-hydrogen) atoms. The van der Waals surface area contributed by atoms with Gasteiger partial charge in [-0.2, -0.15) is 0 Å². The molecule has 0 aromatic heterocycles. The molecule has 1 amide bonds. The first-order chi connectivity index (χ1) is 4.81. The normalized spacial score (nSPS) is 7.10. The van der Waals surface area contributed by atoms with Crippen molar-refractivity contribution in [2.75, 3.05) is 14.2 Å². The quantitative estimate of drug-likeness (QED) is 0.520. The van der Waals surface area contributed by atoms with E-state index in [4.69, 9.17) is 5.11 Å². The maximum Gasteiger partial charge on any atom is 0.220 e. The molecule has 4 heteroatoms. The summed E-state index contributed by atoms with van der Waals surface area (Å²) in [5, 5.41) is 9.40. The first-order valence-corrected chi connectivity index (χ1v) is 2.90. The summed E-state index contributed by atoms with van der Waals surface area (Å²) in [5.74, 6) is -0.0860. The highest BCUT2D eigenvalue weighted by atomic mass is 16.2. The lowest BCUT2D eigenvalue weighted by molar-refractivity contribution is -0.122. The smallest absolute Gasteiger partial charge is 0.220 e. The summed E-state index contributed by atoms with van der Waals surface area (Å²) in [5.41, 5.74) is 0. The van der Waals surface area contributed by atoms with Gasteiger partial charge < -0.3 is 15.2 Å². The Kier molecular flexibility index (Phi) is 13.0. The minimum atomic E-state index is -0.0860. The second-order valence-electron chi connectivity index (χ2n) is 1.38. The molecule has 0 unspecified atom stereocenters. The van der Waals surface area contributed by atoms with Gasteiger partial charge in [-0.15, -0.1) is 0 Å². The van der Waals surface area contributed by atoms with E-state index in [1.165, 1.54) is 0 Å². The molecule has 0 saturated heterocycles. The van der Waals surface area contributed by atoms with Crippen LogP contribution in [0.15, 0.2) is 0 Å². The number of carbonyl (C=O) groups excluding carboxylic acids is 2. The van der Waals surface area contributed by atoms with Crippen LogP contribution in [0.2, 0.25) is 0 Å². The maximum absolute atomic E-state index is 10.3. The lowest BCUT2D eigenvalue weighted by Crippen LogP contribution is -2.16. The van der Waals surface area contributed by atoms with Gasteiger partial charge >= 0.3 is 0 Å². The largest absolute Gasteiger partial charge is 0.400 e. The fraction of sp³-hybridized carbons (Fsp3) is 0.667. The summed E-state index contributed by atoms with van der Waals surface area (Å²) >= 11 is 0. The van der Waals surface area contributed by atoms with Crippen LogP contribution < -0.4 is 5.32 Å². The zero-order chi connectivity index (χ0) is 8.41. The molecule has 4 nitrogen and oxygen atoms in total. The van der Waals surface area contributed by atoms with Gasteiger partial charge in [-0.3, -0.25) is 4.79 Å². The summed E-state index contributed by atoms with van der Waals surface area (Å²) in [6.45, 7) is 0. The van der Waals surface area contributed by atoms with Crippen molar-refractivity contribution in [1.29, 1.82) is 0 Å². The Hall–Kier alpha value is -0.900. The van der Waals surface area contributed by atoms with E-state index in [0.717, 1.165) is 13.4 Å². The molecular weight excluding hydrogens is 134 g/mol. The molecule has 0 aliphatic rings. The van der Waals surface area contributed by atoms with Gasteiger partial charge in [0.2, 0.25) is 5.91 Å². The maximum atomic E-state index is 10.3. The SMILES string of the molecule is CNC(=O)CCC=O.CO. The Morgan fingerprint density at radius 1 is 1.60 bits per heavy atom. The fourth-order valence-corrected chi connectivity index (χ4v) is 0.315. The highest BCUT2D eigenvalue weighted by Gasteiger charge is 1.92. The van der Waals surface area contributed by atoms with Crippen LogP contribution in [0.25, 0.3) is 0 Å². The second-order valence-corrected chi connectivity index (χ2v) is 1.38. The highest BCUT2D eigenvalue weighted by Crippen LogP contribution is 1.80. The van der Waals surface area contributed by atoms with E-state index in [-0.39, 0.29) is 5.91 Å². The van der Waals surface area contributed by atoms with Crippen molar-refractivity contribution >= 4 is 12.2 Å². The predicted molar refractivity (Wildman–Crippen MR) is 37.5 cm³/mol. The molecule has 60 valence electrons. The van der Waals surface area contributed by atoms with Crippen LogP contribution in [0.1, 0.15) is 12.8 Å². The average Bonchev–Trinajstić information content (AvgIpc) is 2.04. The Labute approximate surface area is 60.2 Å².